The lowest BCUT2D eigenvalue weighted by Crippen LogP contribution is -2.46. The van der Waals surface area contributed by atoms with E-state index < -0.39 is 0 Å². The zero-order valence-corrected chi connectivity index (χ0v) is 20.8. The number of rotatable bonds is 7. The summed E-state index contributed by atoms with van der Waals surface area (Å²) < 4.78 is 0. The second-order valence-corrected chi connectivity index (χ2v) is 9.55. The van der Waals surface area contributed by atoms with Crippen LogP contribution in [-0.4, -0.2) is 66.7 Å². The molecule has 8 heteroatoms. The van der Waals surface area contributed by atoms with Crippen LogP contribution in [-0.2, 0) is 16.2 Å². The molecule has 0 spiro atoms. The van der Waals surface area contributed by atoms with E-state index >= 15 is 0 Å². The van der Waals surface area contributed by atoms with E-state index in [0.717, 1.165) is 75.5 Å². The SMILES string of the molecule is CNc1cc(CN2CCC(C(=O)N3CCC(C(=NOC)c4ccc(Cl)cc4)CC3)CC2)ccn1. The lowest BCUT2D eigenvalue weighted by molar-refractivity contribution is -0.138. The first-order chi connectivity index (χ1) is 16.6. The molecule has 0 atom stereocenters. The van der Waals surface area contributed by atoms with Gasteiger partial charge in [0.25, 0.3) is 0 Å². The highest BCUT2D eigenvalue weighted by molar-refractivity contribution is 6.30. The first-order valence-corrected chi connectivity index (χ1v) is 12.5. The molecule has 2 saturated heterocycles. The van der Waals surface area contributed by atoms with Gasteiger partial charge in [0, 0.05) is 49.7 Å². The summed E-state index contributed by atoms with van der Waals surface area (Å²) in [7, 11) is 3.46. The van der Waals surface area contributed by atoms with Gasteiger partial charge in [-0.25, -0.2) is 4.98 Å². The second kappa shape index (κ2) is 11.7. The highest BCUT2D eigenvalue weighted by Crippen LogP contribution is 2.27. The van der Waals surface area contributed by atoms with Crippen molar-refractivity contribution in [1.29, 1.82) is 0 Å². The van der Waals surface area contributed by atoms with E-state index in [1.54, 1.807) is 7.11 Å². The Morgan fingerprint density at radius 2 is 1.76 bits per heavy atom. The maximum atomic E-state index is 13.2. The van der Waals surface area contributed by atoms with Gasteiger partial charge in [-0.15, -0.1) is 0 Å². The summed E-state index contributed by atoms with van der Waals surface area (Å²) in [5.74, 6) is 1.60. The van der Waals surface area contributed by atoms with E-state index in [9.17, 15) is 4.79 Å². The maximum absolute atomic E-state index is 13.2. The van der Waals surface area contributed by atoms with Gasteiger partial charge >= 0.3 is 0 Å². The lowest BCUT2D eigenvalue weighted by Gasteiger charge is -2.37. The summed E-state index contributed by atoms with van der Waals surface area (Å²) in [6.45, 7) is 4.33. The molecule has 0 saturated carbocycles. The van der Waals surface area contributed by atoms with Gasteiger partial charge in [0.2, 0.25) is 5.91 Å². The number of aromatic nitrogens is 1. The molecule has 1 aromatic heterocycles. The molecule has 34 heavy (non-hydrogen) atoms. The highest BCUT2D eigenvalue weighted by atomic mass is 35.5. The molecule has 0 bridgehead atoms. The molecule has 0 aliphatic carbocycles. The third-order valence-corrected chi connectivity index (χ3v) is 7.20. The number of hydrogen-bond acceptors (Lipinski definition) is 6. The Hall–Kier alpha value is -2.64. The van der Waals surface area contributed by atoms with Gasteiger partial charge in [-0.05, 0) is 74.2 Å². The lowest BCUT2D eigenvalue weighted by atomic mass is 9.87. The van der Waals surface area contributed by atoms with Crippen molar-refractivity contribution < 1.29 is 9.63 Å². The number of likely N-dealkylation sites (tertiary alicyclic amines) is 2. The van der Waals surface area contributed by atoms with E-state index in [1.807, 2.05) is 37.5 Å². The van der Waals surface area contributed by atoms with Gasteiger partial charge in [-0.2, -0.15) is 0 Å². The van der Waals surface area contributed by atoms with Crippen LogP contribution < -0.4 is 5.32 Å². The molecule has 2 fully saturated rings. The fourth-order valence-corrected chi connectivity index (χ4v) is 5.15. The molecular formula is C26H34ClN5O2. The van der Waals surface area contributed by atoms with Gasteiger partial charge in [-0.3, -0.25) is 9.69 Å². The largest absolute Gasteiger partial charge is 0.399 e. The number of carbonyl (C=O) groups excluding carboxylic acids is 1. The van der Waals surface area contributed by atoms with Crippen molar-refractivity contribution in [3.63, 3.8) is 0 Å². The van der Waals surface area contributed by atoms with Gasteiger partial charge in [-0.1, -0.05) is 28.9 Å². The second-order valence-electron chi connectivity index (χ2n) is 9.12. The summed E-state index contributed by atoms with van der Waals surface area (Å²) in [5, 5.41) is 8.11. The molecular weight excluding hydrogens is 450 g/mol. The van der Waals surface area contributed by atoms with Crippen LogP contribution in [0.5, 0.6) is 0 Å². The molecule has 0 unspecified atom stereocenters. The summed E-state index contributed by atoms with van der Waals surface area (Å²) in [6, 6.07) is 11.9. The van der Waals surface area contributed by atoms with Crippen LogP contribution in [0.3, 0.4) is 0 Å². The van der Waals surface area contributed by atoms with E-state index in [1.165, 1.54) is 5.56 Å². The molecule has 0 radical (unpaired) electrons. The number of pyridine rings is 1. The van der Waals surface area contributed by atoms with Gasteiger partial charge < -0.3 is 15.1 Å². The number of piperidine rings is 2. The number of anilines is 1. The topological polar surface area (TPSA) is 70.1 Å². The number of nitrogens with one attached hydrogen (secondary N) is 1. The highest BCUT2D eigenvalue weighted by Gasteiger charge is 2.32. The Balaban J connectivity index is 1.27. The standard InChI is InChI=1S/C26H34ClN5O2/c1-28-24-17-19(7-12-29-24)18-31-13-8-22(9-14-31)26(33)32-15-10-21(11-16-32)25(30-34-2)20-3-5-23(27)6-4-20/h3-7,12,17,21-22H,8-11,13-16,18H2,1-2H3,(H,28,29). The monoisotopic (exact) mass is 483 g/mol. The van der Waals surface area contributed by atoms with E-state index in [2.05, 4.69) is 37.4 Å². The third kappa shape index (κ3) is 6.07. The van der Waals surface area contributed by atoms with Crippen LogP contribution in [0.4, 0.5) is 5.82 Å². The van der Waals surface area contributed by atoms with Crippen LogP contribution in [0.2, 0.25) is 5.02 Å². The molecule has 2 aromatic rings. The molecule has 2 aliphatic rings. The molecule has 1 amide bonds. The van der Waals surface area contributed by atoms with Crippen molar-refractivity contribution in [1.82, 2.24) is 14.8 Å². The molecule has 4 rings (SSSR count). The Bertz CT molecular complexity index is 981. The van der Waals surface area contributed by atoms with Gasteiger partial charge in [0.05, 0.1) is 5.71 Å². The van der Waals surface area contributed by atoms with Crippen molar-refractivity contribution in [3.8, 4) is 0 Å². The minimum Gasteiger partial charge on any atom is -0.399 e. The first kappa shape index (κ1) is 24.5. The average Bonchev–Trinajstić information content (AvgIpc) is 2.88. The van der Waals surface area contributed by atoms with Crippen LogP contribution in [0.25, 0.3) is 0 Å². The predicted molar refractivity (Wildman–Crippen MR) is 136 cm³/mol. The Kier molecular flexibility index (Phi) is 8.40. The van der Waals surface area contributed by atoms with E-state index in [-0.39, 0.29) is 11.8 Å². The Morgan fingerprint density at radius 3 is 2.41 bits per heavy atom. The summed E-state index contributed by atoms with van der Waals surface area (Å²) in [4.78, 5) is 27.2. The Labute approximate surface area is 207 Å². The minimum atomic E-state index is 0.126. The van der Waals surface area contributed by atoms with Gasteiger partial charge in [0.15, 0.2) is 0 Å². The number of amides is 1. The molecule has 1 N–H and O–H groups in total. The van der Waals surface area contributed by atoms with Gasteiger partial charge in [0.1, 0.15) is 12.9 Å². The molecule has 3 heterocycles. The van der Waals surface area contributed by atoms with Crippen LogP contribution >= 0.6 is 11.6 Å². The van der Waals surface area contributed by atoms with E-state index in [0.29, 0.717) is 10.9 Å². The smallest absolute Gasteiger partial charge is 0.225 e. The maximum Gasteiger partial charge on any atom is 0.225 e. The predicted octanol–water partition coefficient (Wildman–Crippen LogP) is 4.28. The number of benzene rings is 1. The number of halogens is 1. The number of nitrogens with zero attached hydrogens (tertiary/aromatic N) is 4. The number of carbonyl (C=O) groups is 1. The molecule has 1 aromatic carbocycles. The minimum absolute atomic E-state index is 0.126. The zero-order valence-electron chi connectivity index (χ0n) is 20.0. The van der Waals surface area contributed by atoms with Crippen molar-refractivity contribution in [2.45, 2.75) is 32.2 Å². The van der Waals surface area contributed by atoms with Crippen molar-refractivity contribution in [3.05, 3.63) is 58.7 Å². The Morgan fingerprint density at radius 1 is 1.09 bits per heavy atom. The summed E-state index contributed by atoms with van der Waals surface area (Å²) in [6.07, 6.45) is 5.47. The quantitative estimate of drug-likeness (QED) is 0.470. The average molecular weight is 484 g/mol. The van der Waals surface area contributed by atoms with Crippen molar-refractivity contribution in [2.75, 3.05) is 45.7 Å². The van der Waals surface area contributed by atoms with Crippen molar-refractivity contribution >= 4 is 29.0 Å². The molecule has 182 valence electrons. The normalized spacial score (nSPS) is 18.7. The zero-order chi connectivity index (χ0) is 23.9. The fourth-order valence-electron chi connectivity index (χ4n) is 5.02. The molecule has 7 nitrogen and oxygen atoms in total. The first-order valence-electron chi connectivity index (χ1n) is 12.1. The fraction of sp³-hybridized carbons (Fsp3) is 0.500. The van der Waals surface area contributed by atoms with E-state index in [4.69, 9.17) is 16.4 Å². The van der Waals surface area contributed by atoms with Crippen LogP contribution in [0.15, 0.2) is 47.8 Å². The third-order valence-electron chi connectivity index (χ3n) is 6.95. The molecule has 2 aliphatic heterocycles. The number of hydrogen-bond donors (Lipinski definition) is 1. The van der Waals surface area contributed by atoms with Crippen LogP contribution in [0, 0.1) is 11.8 Å². The summed E-state index contributed by atoms with van der Waals surface area (Å²) >= 11 is 6.05. The number of oxime groups is 1. The van der Waals surface area contributed by atoms with Crippen LogP contribution in [0.1, 0.15) is 36.8 Å². The summed E-state index contributed by atoms with van der Waals surface area (Å²) in [5.41, 5.74) is 3.22. The van der Waals surface area contributed by atoms with Crippen molar-refractivity contribution in [2.24, 2.45) is 17.0 Å².